The quantitative estimate of drug-likeness (QED) is 0.485. The van der Waals surface area contributed by atoms with Crippen molar-refractivity contribution in [1.29, 1.82) is 0 Å². The summed E-state index contributed by atoms with van der Waals surface area (Å²) in [5.41, 5.74) is -1.68. The number of nitrogens with zero attached hydrogens (tertiary/aromatic N) is 2. The van der Waals surface area contributed by atoms with Gasteiger partial charge in [-0.25, -0.2) is 4.39 Å². The predicted molar refractivity (Wildman–Crippen MR) is 129 cm³/mol. The van der Waals surface area contributed by atoms with Crippen LogP contribution in [0.5, 0.6) is 0 Å². The molecular weight excluding hydrogens is 484 g/mol. The molecule has 0 spiro atoms. The van der Waals surface area contributed by atoms with Crippen molar-refractivity contribution in [3.63, 3.8) is 0 Å². The van der Waals surface area contributed by atoms with E-state index in [0.29, 0.717) is 30.4 Å². The van der Waals surface area contributed by atoms with Gasteiger partial charge in [0, 0.05) is 43.0 Å². The number of nitrogens with one attached hydrogen (secondary N) is 2. The standard InChI is InChI=1S/C24H24F4N4O2S/c1-13-10-32(11-14(2)31(13)3)21-8-19(25)16(15-4-5-35-12-15)6-20(21)30-23(34)17-9-29-22(33)7-18(17)24(26,27)28/h4-9,12-14H,10-11H2,1-3H3,(H,29,33)(H,30,34)/t13-,14+. The van der Waals surface area contributed by atoms with Crippen LogP contribution in [0.4, 0.5) is 28.9 Å². The van der Waals surface area contributed by atoms with Crippen LogP contribution < -0.4 is 15.8 Å². The van der Waals surface area contributed by atoms with E-state index in [1.54, 1.807) is 16.8 Å². The Morgan fingerprint density at radius 3 is 2.46 bits per heavy atom. The first-order chi connectivity index (χ1) is 16.5. The van der Waals surface area contributed by atoms with Crippen LogP contribution in [-0.4, -0.2) is 48.0 Å². The highest BCUT2D eigenvalue weighted by atomic mass is 32.1. The number of halogens is 4. The molecule has 6 nitrogen and oxygen atoms in total. The minimum Gasteiger partial charge on any atom is -0.367 e. The van der Waals surface area contributed by atoms with E-state index in [0.717, 1.165) is 6.20 Å². The lowest BCUT2D eigenvalue weighted by Gasteiger charge is -2.44. The molecule has 3 aromatic rings. The topological polar surface area (TPSA) is 68.4 Å². The second kappa shape index (κ2) is 9.46. The summed E-state index contributed by atoms with van der Waals surface area (Å²) in [6.45, 7) is 5.11. The number of likely N-dealkylation sites (N-methyl/N-ethyl adjacent to an activating group) is 1. The lowest BCUT2D eigenvalue weighted by atomic mass is 10.0. The summed E-state index contributed by atoms with van der Waals surface area (Å²) in [6.07, 6.45) is -4.17. The molecule has 0 radical (unpaired) electrons. The Kier molecular flexibility index (Phi) is 6.74. The fourth-order valence-corrected chi connectivity index (χ4v) is 4.90. The first-order valence-electron chi connectivity index (χ1n) is 10.9. The molecule has 0 aliphatic carbocycles. The van der Waals surface area contributed by atoms with Crippen molar-refractivity contribution in [3.8, 4) is 11.1 Å². The molecule has 2 atom stereocenters. The van der Waals surface area contributed by atoms with Gasteiger partial charge in [0.2, 0.25) is 5.56 Å². The molecule has 1 saturated heterocycles. The molecule has 35 heavy (non-hydrogen) atoms. The molecule has 1 aliphatic rings. The van der Waals surface area contributed by atoms with Crippen molar-refractivity contribution >= 4 is 28.6 Å². The molecule has 1 amide bonds. The first-order valence-corrected chi connectivity index (χ1v) is 11.8. The van der Waals surface area contributed by atoms with E-state index < -0.39 is 34.6 Å². The van der Waals surface area contributed by atoms with Gasteiger partial charge in [-0.2, -0.15) is 24.5 Å². The van der Waals surface area contributed by atoms with Gasteiger partial charge >= 0.3 is 6.18 Å². The van der Waals surface area contributed by atoms with Gasteiger partial charge in [-0.15, -0.1) is 0 Å². The van der Waals surface area contributed by atoms with Gasteiger partial charge in [0.1, 0.15) is 5.82 Å². The number of amides is 1. The van der Waals surface area contributed by atoms with E-state index in [-0.39, 0.29) is 23.3 Å². The van der Waals surface area contributed by atoms with E-state index in [1.807, 2.05) is 25.8 Å². The lowest BCUT2D eigenvalue weighted by molar-refractivity contribution is -0.138. The SMILES string of the molecule is C[C@@H]1CN(c2cc(F)c(-c3ccsc3)cc2NC(=O)c2c[nH]c(=O)cc2C(F)(F)F)C[C@H](C)N1C. The van der Waals surface area contributed by atoms with Gasteiger partial charge in [0.15, 0.2) is 0 Å². The zero-order valence-electron chi connectivity index (χ0n) is 19.2. The number of hydrogen-bond donors (Lipinski definition) is 2. The summed E-state index contributed by atoms with van der Waals surface area (Å²) >= 11 is 1.37. The van der Waals surface area contributed by atoms with Gasteiger partial charge in [0.25, 0.3) is 5.91 Å². The molecule has 11 heteroatoms. The highest BCUT2D eigenvalue weighted by molar-refractivity contribution is 7.08. The number of pyridine rings is 1. The lowest BCUT2D eigenvalue weighted by Crippen LogP contribution is -2.55. The fraction of sp³-hybridized carbons (Fsp3) is 0.333. The maximum Gasteiger partial charge on any atom is 0.417 e. The normalized spacial score (nSPS) is 19.1. The number of hydrogen-bond acceptors (Lipinski definition) is 5. The molecular formula is C24H24F4N4O2S. The van der Waals surface area contributed by atoms with Crippen molar-refractivity contribution in [2.75, 3.05) is 30.4 Å². The highest BCUT2D eigenvalue weighted by Gasteiger charge is 2.36. The number of rotatable bonds is 4. The van der Waals surface area contributed by atoms with Crippen LogP contribution in [0.25, 0.3) is 11.1 Å². The number of alkyl halides is 3. The monoisotopic (exact) mass is 508 g/mol. The number of anilines is 2. The molecule has 3 heterocycles. The molecule has 2 N–H and O–H groups in total. The Morgan fingerprint density at radius 2 is 1.86 bits per heavy atom. The molecule has 0 bridgehead atoms. The molecule has 1 fully saturated rings. The van der Waals surface area contributed by atoms with Crippen LogP contribution in [0, 0.1) is 5.82 Å². The number of benzene rings is 1. The summed E-state index contributed by atoms with van der Waals surface area (Å²) in [7, 11) is 1.99. The first kappa shape index (κ1) is 24.9. The van der Waals surface area contributed by atoms with E-state index in [1.165, 1.54) is 23.5 Å². The zero-order valence-corrected chi connectivity index (χ0v) is 20.1. The Balaban J connectivity index is 1.79. The van der Waals surface area contributed by atoms with E-state index in [9.17, 15) is 22.8 Å². The van der Waals surface area contributed by atoms with Crippen LogP contribution in [0.2, 0.25) is 0 Å². The van der Waals surface area contributed by atoms with E-state index in [2.05, 4.69) is 15.2 Å². The summed E-state index contributed by atoms with van der Waals surface area (Å²) in [5.74, 6) is -1.57. The summed E-state index contributed by atoms with van der Waals surface area (Å²) in [5, 5.41) is 6.07. The largest absolute Gasteiger partial charge is 0.417 e. The van der Waals surface area contributed by atoms with E-state index in [4.69, 9.17) is 0 Å². The number of aromatic amines is 1. The van der Waals surface area contributed by atoms with Crippen LogP contribution >= 0.6 is 11.3 Å². The Bertz CT molecular complexity index is 1280. The van der Waals surface area contributed by atoms with Gasteiger partial charge < -0.3 is 15.2 Å². The minimum atomic E-state index is -4.91. The van der Waals surface area contributed by atoms with Crippen molar-refractivity contribution in [2.24, 2.45) is 0 Å². The molecule has 0 unspecified atom stereocenters. The molecule has 186 valence electrons. The fourth-order valence-electron chi connectivity index (χ4n) is 4.25. The average molecular weight is 509 g/mol. The molecule has 1 aliphatic heterocycles. The minimum absolute atomic E-state index is 0.123. The highest BCUT2D eigenvalue weighted by Crippen LogP contribution is 2.37. The third-order valence-corrected chi connectivity index (χ3v) is 7.02. The third kappa shape index (κ3) is 5.10. The molecule has 2 aromatic heterocycles. The molecule has 1 aromatic carbocycles. The maximum absolute atomic E-state index is 15.2. The number of aromatic nitrogens is 1. The van der Waals surface area contributed by atoms with Gasteiger partial charge in [0.05, 0.1) is 22.5 Å². The number of carbonyl (C=O) groups is 1. The number of carbonyl (C=O) groups excluding carboxylic acids is 1. The van der Waals surface area contributed by atoms with Crippen LogP contribution in [0.15, 0.2) is 46.0 Å². The van der Waals surface area contributed by atoms with Gasteiger partial charge in [-0.05, 0) is 55.4 Å². The second-order valence-corrected chi connectivity index (χ2v) is 9.49. The Hall–Kier alpha value is -3.18. The second-order valence-electron chi connectivity index (χ2n) is 8.71. The summed E-state index contributed by atoms with van der Waals surface area (Å²) in [6, 6.07) is 5.07. The Labute approximate surface area is 203 Å². The number of H-pyrrole nitrogens is 1. The summed E-state index contributed by atoms with van der Waals surface area (Å²) in [4.78, 5) is 30.8. The van der Waals surface area contributed by atoms with Crippen LogP contribution in [0.1, 0.15) is 29.8 Å². The zero-order chi connectivity index (χ0) is 25.5. The number of piperazine rings is 1. The van der Waals surface area contributed by atoms with Crippen molar-refractivity contribution in [3.05, 3.63) is 68.5 Å². The predicted octanol–water partition coefficient (Wildman–Crippen LogP) is 5.04. The summed E-state index contributed by atoms with van der Waals surface area (Å²) < 4.78 is 55.8. The molecule has 0 saturated carbocycles. The van der Waals surface area contributed by atoms with Crippen molar-refractivity contribution in [1.82, 2.24) is 9.88 Å². The van der Waals surface area contributed by atoms with Crippen molar-refractivity contribution < 1.29 is 22.4 Å². The third-order valence-electron chi connectivity index (χ3n) is 6.34. The smallest absolute Gasteiger partial charge is 0.367 e. The van der Waals surface area contributed by atoms with Crippen molar-refractivity contribution in [2.45, 2.75) is 32.1 Å². The van der Waals surface area contributed by atoms with Gasteiger partial charge in [-0.1, -0.05) is 0 Å². The van der Waals surface area contributed by atoms with E-state index >= 15 is 4.39 Å². The average Bonchev–Trinajstić information content (AvgIpc) is 3.32. The molecule has 4 rings (SSSR count). The van der Waals surface area contributed by atoms with Crippen LogP contribution in [-0.2, 0) is 6.18 Å². The van der Waals surface area contributed by atoms with Crippen LogP contribution in [0.3, 0.4) is 0 Å². The maximum atomic E-state index is 15.2. The van der Waals surface area contributed by atoms with Gasteiger partial charge in [-0.3, -0.25) is 14.5 Å². The number of thiophene rings is 1. The Morgan fingerprint density at radius 1 is 1.17 bits per heavy atom.